The van der Waals surface area contributed by atoms with Gasteiger partial charge in [-0.05, 0) is 17.5 Å². The molecule has 2 rings (SSSR count). The molecule has 0 unspecified atom stereocenters. The number of carboxylic acids is 1. The third-order valence-corrected chi connectivity index (χ3v) is 1.97. The van der Waals surface area contributed by atoms with Gasteiger partial charge in [-0.3, -0.25) is 4.79 Å². The summed E-state index contributed by atoms with van der Waals surface area (Å²) in [6.07, 6.45) is 0. The van der Waals surface area contributed by atoms with Crippen molar-refractivity contribution >= 4 is 16.9 Å². The summed E-state index contributed by atoms with van der Waals surface area (Å²) in [4.78, 5) is 24.2. The molecule has 5 heteroatoms. The molecule has 1 N–H and O–H groups in total. The van der Waals surface area contributed by atoms with E-state index in [0.29, 0.717) is 10.9 Å². The van der Waals surface area contributed by atoms with Gasteiger partial charge in [0.1, 0.15) is 0 Å². The van der Waals surface area contributed by atoms with E-state index in [2.05, 4.69) is 4.98 Å². The van der Waals surface area contributed by atoms with Crippen LogP contribution in [0.1, 0.15) is 10.4 Å². The Morgan fingerprint density at radius 1 is 1.27 bits per heavy atom. The van der Waals surface area contributed by atoms with Crippen LogP contribution in [0.5, 0.6) is 0 Å². The van der Waals surface area contributed by atoms with Crippen LogP contribution in [0.3, 0.4) is 0 Å². The first kappa shape index (κ1) is 12.0. The summed E-state index contributed by atoms with van der Waals surface area (Å²) in [6.45, 7) is 0. The number of carbonyl (C=O) groups excluding carboxylic acids is 1. The molecule has 0 fully saturated rings. The smallest absolute Gasteiger partial charge is 0.545 e. The molecule has 0 saturated carbocycles. The van der Waals surface area contributed by atoms with E-state index in [9.17, 15) is 14.7 Å². The monoisotopic (exact) mass is 211 g/mol. The second-order valence-corrected chi connectivity index (χ2v) is 2.89. The molecule has 0 saturated heterocycles. The first-order chi connectivity index (χ1) is 6.68. The van der Waals surface area contributed by atoms with Gasteiger partial charge in [0, 0.05) is 5.52 Å². The molecule has 4 nitrogen and oxygen atoms in total. The second kappa shape index (κ2) is 4.61. The van der Waals surface area contributed by atoms with Gasteiger partial charge >= 0.3 is 29.6 Å². The number of carboxylic acid groups (broad SMARTS) is 1. The van der Waals surface area contributed by atoms with Gasteiger partial charge in [-0.1, -0.05) is 18.2 Å². The van der Waals surface area contributed by atoms with E-state index in [1.54, 1.807) is 24.3 Å². The van der Waals surface area contributed by atoms with Crippen molar-refractivity contribution in [1.82, 2.24) is 4.98 Å². The Hall–Kier alpha value is -1.10. The van der Waals surface area contributed by atoms with Crippen LogP contribution in [0.4, 0.5) is 0 Å². The zero-order valence-electron chi connectivity index (χ0n) is 8.11. The number of aromatic carboxylic acids is 1. The number of H-pyrrole nitrogens is 1. The summed E-state index contributed by atoms with van der Waals surface area (Å²) in [6, 6.07) is 8.26. The Bertz CT molecular complexity index is 562. The Kier molecular flexibility index (Phi) is 3.68. The molecule has 0 aliphatic carbocycles. The van der Waals surface area contributed by atoms with Gasteiger partial charge in [0.2, 0.25) is 0 Å². The average Bonchev–Trinajstić information content (AvgIpc) is 2.16. The Morgan fingerprint density at radius 3 is 2.60 bits per heavy atom. The molecule has 1 heterocycles. The molecule has 1 aromatic carbocycles. The van der Waals surface area contributed by atoms with Crippen LogP contribution in [0, 0.1) is 0 Å². The quantitative estimate of drug-likeness (QED) is 0.508. The number of aromatic amines is 1. The summed E-state index contributed by atoms with van der Waals surface area (Å²) in [5.74, 6) is -1.46. The summed E-state index contributed by atoms with van der Waals surface area (Å²) in [7, 11) is 0. The van der Waals surface area contributed by atoms with Crippen LogP contribution in [0.25, 0.3) is 10.9 Å². The summed E-state index contributed by atoms with van der Waals surface area (Å²) < 4.78 is 0. The number of carbonyl (C=O) groups is 1. The number of hydrogen-bond acceptors (Lipinski definition) is 3. The number of rotatable bonds is 1. The SMILES string of the molecule is O=C([O-])c1cc2ccccc2[nH]c1=O.[Na+]. The van der Waals surface area contributed by atoms with Crippen molar-refractivity contribution in [2.75, 3.05) is 0 Å². The van der Waals surface area contributed by atoms with Gasteiger partial charge in [0.05, 0.1) is 11.5 Å². The number of pyridine rings is 1. The minimum atomic E-state index is -1.46. The summed E-state index contributed by atoms with van der Waals surface area (Å²) in [5.41, 5.74) is -0.366. The molecule has 0 bridgehead atoms. The maximum Gasteiger partial charge on any atom is 1.00 e. The average molecular weight is 211 g/mol. The minimum Gasteiger partial charge on any atom is -0.545 e. The maximum absolute atomic E-state index is 11.2. The van der Waals surface area contributed by atoms with E-state index in [-0.39, 0.29) is 35.1 Å². The van der Waals surface area contributed by atoms with E-state index in [1.807, 2.05) is 0 Å². The van der Waals surface area contributed by atoms with E-state index in [4.69, 9.17) is 0 Å². The van der Waals surface area contributed by atoms with Gasteiger partial charge in [0.25, 0.3) is 5.56 Å². The minimum absolute atomic E-state index is 0. The molecule has 0 aliphatic rings. The van der Waals surface area contributed by atoms with Crippen molar-refractivity contribution in [3.05, 3.63) is 46.2 Å². The van der Waals surface area contributed by atoms with Crippen molar-refractivity contribution in [3.8, 4) is 0 Å². The fraction of sp³-hybridized carbons (Fsp3) is 0. The molecule has 0 spiro atoms. The van der Waals surface area contributed by atoms with Crippen LogP contribution in [-0.2, 0) is 0 Å². The molecular weight excluding hydrogens is 205 g/mol. The number of nitrogens with one attached hydrogen (secondary N) is 1. The normalized spacial score (nSPS) is 9.60. The van der Waals surface area contributed by atoms with Gasteiger partial charge < -0.3 is 14.9 Å². The van der Waals surface area contributed by atoms with Crippen LogP contribution in [0.15, 0.2) is 35.1 Å². The summed E-state index contributed by atoms with van der Waals surface area (Å²) in [5, 5.41) is 11.2. The van der Waals surface area contributed by atoms with Gasteiger partial charge in [0.15, 0.2) is 0 Å². The molecule has 0 amide bonds. The third kappa shape index (κ3) is 2.28. The first-order valence-electron chi connectivity index (χ1n) is 4.02. The van der Waals surface area contributed by atoms with E-state index < -0.39 is 11.5 Å². The molecule has 2 aromatic rings. The van der Waals surface area contributed by atoms with E-state index in [1.165, 1.54) is 6.07 Å². The molecule has 0 radical (unpaired) electrons. The van der Waals surface area contributed by atoms with Crippen molar-refractivity contribution in [3.63, 3.8) is 0 Å². The molecule has 0 atom stereocenters. The van der Waals surface area contributed by atoms with Gasteiger partial charge in [-0.2, -0.15) is 0 Å². The standard InChI is InChI=1S/C10H7NO3.Na/c12-9-7(10(13)14)5-6-3-1-2-4-8(6)11-9;/h1-5H,(H,11,12)(H,13,14);/q;+1/p-1. The largest absolute Gasteiger partial charge is 1.00 e. The zero-order chi connectivity index (χ0) is 10.1. The predicted molar refractivity (Wildman–Crippen MR) is 48.9 cm³/mol. The second-order valence-electron chi connectivity index (χ2n) is 2.89. The maximum atomic E-state index is 11.2. The predicted octanol–water partition coefficient (Wildman–Crippen LogP) is -3.10. The van der Waals surface area contributed by atoms with Crippen molar-refractivity contribution in [1.29, 1.82) is 0 Å². The molecular formula is C10H6NNaO3. The van der Waals surface area contributed by atoms with Crippen molar-refractivity contribution in [2.45, 2.75) is 0 Å². The van der Waals surface area contributed by atoms with Gasteiger partial charge in [-0.25, -0.2) is 0 Å². The van der Waals surface area contributed by atoms with E-state index >= 15 is 0 Å². The van der Waals surface area contributed by atoms with Crippen molar-refractivity contribution < 1.29 is 39.5 Å². The molecule has 15 heavy (non-hydrogen) atoms. The van der Waals surface area contributed by atoms with Crippen molar-refractivity contribution in [2.24, 2.45) is 0 Å². The number of aromatic nitrogens is 1. The molecule has 70 valence electrons. The number of hydrogen-bond donors (Lipinski definition) is 1. The number of benzene rings is 1. The van der Waals surface area contributed by atoms with E-state index in [0.717, 1.165) is 0 Å². The zero-order valence-corrected chi connectivity index (χ0v) is 10.1. The fourth-order valence-electron chi connectivity index (χ4n) is 1.30. The van der Waals surface area contributed by atoms with Crippen LogP contribution < -0.4 is 40.2 Å². The Morgan fingerprint density at radius 2 is 1.93 bits per heavy atom. The number of para-hydroxylation sites is 1. The molecule has 0 aliphatic heterocycles. The fourth-order valence-corrected chi connectivity index (χ4v) is 1.30. The topological polar surface area (TPSA) is 73.0 Å². The third-order valence-electron chi connectivity index (χ3n) is 1.97. The Balaban J connectivity index is 0.00000112. The summed E-state index contributed by atoms with van der Waals surface area (Å²) >= 11 is 0. The Labute approximate surface area is 107 Å². The number of fused-ring (bicyclic) bond motifs is 1. The van der Waals surface area contributed by atoms with Crippen LogP contribution in [0.2, 0.25) is 0 Å². The molecule has 1 aromatic heterocycles. The van der Waals surface area contributed by atoms with Crippen LogP contribution in [-0.4, -0.2) is 11.0 Å². The van der Waals surface area contributed by atoms with Crippen LogP contribution >= 0.6 is 0 Å². The first-order valence-corrected chi connectivity index (χ1v) is 4.02. The van der Waals surface area contributed by atoms with Gasteiger partial charge in [-0.15, -0.1) is 0 Å².